The second-order valence-corrected chi connectivity index (χ2v) is 7.19. The molecule has 4 nitrogen and oxygen atoms in total. The van der Waals surface area contributed by atoms with Gasteiger partial charge in [-0.3, -0.25) is 9.59 Å². The van der Waals surface area contributed by atoms with Gasteiger partial charge in [0.05, 0.1) is 25.2 Å². The van der Waals surface area contributed by atoms with E-state index in [9.17, 15) is 9.59 Å². The number of benzene rings is 2. The van der Waals surface area contributed by atoms with Crippen molar-refractivity contribution < 1.29 is 14.5 Å². The second kappa shape index (κ2) is 7.06. The Bertz CT molecular complexity index is 861. The molecule has 26 heavy (non-hydrogen) atoms. The molecule has 2 aromatic carbocycles. The van der Waals surface area contributed by atoms with Crippen LogP contribution in [0, 0.1) is 0 Å². The summed E-state index contributed by atoms with van der Waals surface area (Å²) in [5, 5.41) is 0.588. The fraction of sp³-hybridized carbons (Fsp3) is 0.238. The number of nitrogens with zero attached hydrogens (tertiary/aromatic N) is 1. The van der Waals surface area contributed by atoms with Gasteiger partial charge in [-0.05, 0) is 41.5 Å². The van der Waals surface area contributed by atoms with Crippen molar-refractivity contribution in [1.82, 2.24) is 0 Å². The van der Waals surface area contributed by atoms with Crippen LogP contribution in [0.2, 0.25) is 5.02 Å². The Kier molecular flexibility index (Phi) is 4.62. The molecular weight excluding hydrogens is 348 g/mol. The molecular formula is C21H20ClN2O2+. The van der Waals surface area contributed by atoms with Crippen LogP contribution in [0.25, 0.3) is 5.57 Å². The lowest BCUT2D eigenvalue weighted by atomic mass is 9.98. The van der Waals surface area contributed by atoms with Crippen molar-refractivity contribution in [2.45, 2.75) is 18.9 Å². The molecule has 0 saturated carbocycles. The Morgan fingerprint density at radius 3 is 2.38 bits per heavy atom. The Hall–Kier alpha value is -2.43. The van der Waals surface area contributed by atoms with Crippen LogP contribution in [0.15, 0.2) is 60.7 Å². The van der Waals surface area contributed by atoms with Crippen molar-refractivity contribution in [3.05, 3.63) is 71.3 Å². The van der Waals surface area contributed by atoms with Crippen LogP contribution in [-0.2, 0) is 9.59 Å². The molecule has 4 rings (SSSR count). The minimum Gasteiger partial charge on any atom is -0.321 e. The maximum atomic E-state index is 12.9. The zero-order valence-electron chi connectivity index (χ0n) is 14.3. The van der Waals surface area contributed by atoms with Gasteiger partial charge in [0.2, 0.25) is 5.91 Å². The van der Waals surface area contributed by atoms with Gasteiger partial charge in [-0.2, -0.15) is 0 Å². The lowest BCUT2D eigenvalue weighted by molar-refractivity contribution is -0.909. The van der Waals surface area contributed by atoms with Crippen molar-refractivity contribution >= 4 is 34.7 Å². The standard InChI is InChI=1S/C21H19ClN2O2/c22-17-6-8-18(9-7-17)24-20(25)14-19(21(24)26)23-12-10-16(11-13-23)15-4-2-1-3-5-15/h1-10,19H,11-14H2/p+1. The number of imide groups is 1. The summed E-state index contributed by atoms with van der Waals surface area (Å²) in [6.45, 7) is 1.63. The smallest absolute Gasteiger partial charge is 0.292 e. The molecule has 0 spiro atoms. The number of halogens is 1. The van der Waals surface area contributed by atoms with Gasteiger partial charge in [0, 0.05) is 11.4 Å². The van der Waals surface area contributed by atoms with Crippen molar-refractivity contribution in [2.75, 3.05) is 18.0 Å². The van der Waals surface area contributed by atoms with E-state index >= 15 is 0 Å². The SMILES string of the molecule is O=C1CC([NH+]2CC=C(c3ccccc3)CC2)C(=O)N1c1ccc(Cl)cc1. The van der Waals surface area contributed by atoms with E-state index in [4.69, 9.17) is 11.6 Å². The molecule has 2 aliphatic rings. The molecule has 2 aromatic rings. The molecule has 5 heteroatoms. The minimum atomic E-state index is -0.299. The highest BCUT2D eigenvalue weighted by atomic mass is 35.5. The highest BCUT2D eigenvalue weighted by Crippen LogP contribution is 2.24. The van der Waals surface area contributed by atoms with Crippen molar-refractivity contribution in [1.29, 1.82) is 0 Å². The number of rotatable bonds is 3. The summed E-state index contributed by atoms with van der Waals surface area (Å²) in [6.07, 6.45) is 3.39. The molecule has 2 heterocycles. The number of hydrogen-bond donors (Lipinski definition) is 1. The van der Waals surface area contributed by atoms with Crippen LogP contribution in [0.4, 0.5) is 5.69 Å². The minimum absolute atomic E-state index is 0.108. The molecule has 1 saturated heterocycles. The number of amides is 2. The van der Waals surface area contributed by atoms with Crippen molar-refractivity contribution in [2.24, 2.45) is 0 Å². The number of anilines is 1. The predicted octanol–water partition coefficient (Wildman–Crippen LogP) is 2.34. The average molecular weight is 368 g/mol. The summed E-state index contributed by atoms with van der Waals surface area (Å²) < 4.78 is 0. The normalized spacial score (nSPS) is 23.3. The van der Waals surface area contributed by atoms with E-state index in [0.29, 0.717) is 10.7 Å². The first-order valence-corrected chi connectivity index (χ1v) is 9.22. The van der Waals surface area contributed by atoms with E-state index in [-0.39, 0.29) is 24.3 Å². The molecule has 2 unspecified atom stereocenters. The number of nitrogens with one attached hydrogen (secondary N) is 1. The lowest BCUT2D eigenvalue weighted by Gasteiger charge is -2.27. The van der Waals surface area contributed by atoms with E-state index in [0.717, 1.165) is 19.5 Å². The van der Waals surface area contributed by atoms with Gasteiger partial charge < -0.3 is 4.90 Å². The summed E-state index contributed by atoms with van der Waals surface area (Å²) in [7, 11) is 0. The quantitative estimate of drug-likeness (QED) is 0.846. The zero-order chi connectivity index (χ0) is 18.1. The number of quaternary nitrogens is 1. The van der Waals surface area contributed by atoms with Crippen molar-refractivity contribution in [3.63, 3.8) is 0 Å². The van der Waals surface area contributed by atoms with Gasteiger partial charge in [-0.15, -0.1) is 0 Å². The number of carbonyl (C=O) groups excluding carboxylic acids is 2. The molecule has 1 N–H and O–H groups in total. The molecule has 0 radical (unpaired) electrons. The first-order valence-electron chi connectivity index (χ1n) is 8.85. The summed E-state index contributed by atoms with van der Waals surface area (Å²) in [5.41, 5.74) is 3.16. The topological polar surface area (TPSA) is 41.8 Å². The number of carbonyl (C=O) groups is 2. The Labute approximate surface area is 157 Å². The zero-order valence-corrected chi connectivity index (χ0v) is 15.1. The number of hydrogen-bond acceptors (Lipinski definition) is 2. The second-order valence-electron chi connectivity index (χ2n) is 6.76. The first-order chi connectivity index (χ1) is 12.6. The highest BCUT2D eigenvalue weighted by Gasteiger charge is 2.45. The fourth-order valence-electron chi connectivity index (χ4n) is 3.80. The van der Waals surface area contributed by atoms with Gasteiger partial charge in [-0.25, -0.2) is 4.90 Å². The monoisotopic (exact) mass is 367 g/mol. The maximum Gasteiger partial charge on any atom is 0.292 e. The van der Waals surface area contributed by atoms with Gasteiger partial charge >= 0.3 is 0 Å². The summed E-state index contributed by atoms with van der Waals surface area (Å²) >= 11 is 5.91. The highest BCUT2D eigenvalue weighted by molar-refractivity contribution is 6.30. The van der Waals surface area contributed by atoms with Crippen molar-refractivity contribution in [3.8, 4) is 0 Å². The van der Waals surface area contributed by atoms with E-state index in [2.05, 4.69) is 18.2 Å². The van der Waals surface area contributed by atoms with Crippen LogP contribution in [0.3, 0.4) is 0 Å². The van der Waals surface area contributed by atoms with Gasteiger partial charge in [0.15, 0.2) is 6.04 Å². The Morgan fingerprint density at radius 2 is 1.73 bits per heavy atom. The van der Waals surface area contributed by atoms with E-state index in [1.54, 1.807) is 24.3 Å². The van der Waals surface area contributed by atoms with Crippen LogP contribution in [0.1, 0.15) is 18.4 Å². The average Bonchev–Trinajstić information content (AvgIpc) is 2.98. The summed E-state index contributed by atoms with van der Waals surface area (Å²) in [5.74, 6) is -0.239. The fourth-order valence-corrected chi connectivity index (χ4v) is 3.92. The maximum absolute atomic E-state index is 12.9. The molecule has 0 bridgehead atoms. The molecule has 132 valence electrons. The van der Waals surface area contributed by atoms with Gasteiger partial charge in [0.1, 0.15) is 0 Å². The van der Waals surface area contributed by atoms with E-state index in [1.165, 1.54) is 20.9 Å². The molecule has 0 aromatic heterocycles. The Balaban J connectivity index is 1.49. The van der Waals surface area contributed by atoms with Crippen LogP contribution >= 0.6 is 11.6 Å². The summed E-state index contributed by atoms with van der Waals surface area (Å²) in [6, 6.07) is 16.9. The third-order valence-corrected chi connectivity index (χ3v) is 5.45. The first kappa shape index (κ1) is 17.0. The largest absolute Gasteiger partial charge is 0.321 e. The molecule has 2 aliphatic heterocycles. The molecule has 1 fully saturated rings. The van der Waals surface area contributed by atoms with E-state index < -0.39 is 0 Å². The molecule has 2 atom stereocenters. The van der Waals surface area contributed by atoms with Gasteiger partial charge in [0.25, 0.3) is 5.91 Å². The van der Waals surface area contributed by atoms with Crippen LogP contribution in [-0.4, -0.2) is 30.9 Å². The molecule has 0 aliphatic carbocycles. The van der Waals surface area contributed by atoms with Crippen LogP contribution in [0.5, 0.6) is 0 Å². The van der Waals surface area contributed by atoms with E-state index in [1.807, 2.05) is 18.2 Å². The third kappa shape index (κ3) is 3.18. The Morgan fingerprint density at radius 1 is 1.00 bits per heavy atom. The summed E-state index contributed by atoms with van der Waals surface area (Å²) in [4.78, 5) is 27.8. The lowest BCUT2D eigenvalue weighted by Crippen LogP contribution is -3.17. The predicted molar refractivity (Wildman–Crippen MR) is 102 cm³/mol. The van der Waals surface area contributed by atoms with Crippen LogP contribution < -0.4 is 9.80 Å². The van der Waals surface area contributed by atoms with Gasteiger partial charge in [-0.1, -0.05) is 41.9 Å². The molecule has 2 amide bonds. The third-order valence-electron chi connectivity index (χ3n) is 5.19.